The summed E-state index contributed by atoms with van der Waals surface area (Å²) in [4.78, 5) is 14.0. The Bertz CT molecular complexity index is 473. The lowest BCUT2D eigenvalue weighted by Gasteiger charge is -2.18. The number of hydrogen-bond acceptors (Lipinski definition) is 3. The molecule has 2 rings (SSSR count). The van der Waals surface area contributed by atoms with E-state index in [0.717, 1.165) is 37.9 Å². The average molecular weight is 366 g/mol. The second kappa shape index (κ2) is 10.8. The topological polar surface area (TPSA) is 58.4 Å². The maximum absolute atomic E-state index is 12.8. The van der Waals surface area contributed by atoms with Gasteiger partial charge in [0.1, 0.15) is 5.82 Å². The van der Waals surface area contributed by atoms with Crippen LogP contribution in [0.5, 0.6) is 0 Å². The van der Waals surface area contributed by atoms with Gasteiger partial charge in [-0.3, -0.25) is 4.79 Å². The lowest BCUT2D eigenvalue weighted by Crippen LogP contribution is -2.36. The number of carbonyl (C=O) groups excluding carboxylic acids is 1. The Morgan fingerprint density at radius 1 is 1.30 bits per heavy atom. The van der Waals surface area contributed by atoms with E-state index in [0.29, 0.717) is 6.54 Å². The van der Waals surface area contributed by atoms with Crippen LogP contribution in [0.15, 0.2) is 24.3 Å². The molecule has 1 aliphatic carbocycles. The van der Waals surface area contributed by atoms with E-state index in [1.165, 1.54) is 12.1 Å². The zero-order valence-corrected chi connectivity index (χ0v) is 15.0. The summed E-state index contributed by atoms with van der Waals surface area (Å²) >= 11 is 0. The highest BCUT2D eigenvalue weighted by atomic mass is 35.5. The van der Waals surface area contributed by atoms with E-state index in [9.17, 15) is 9.18 Å². The summed E-state index contributed by atoms with van der Waals surface area (Å²) in [6.45, 7) is 2.13. The molecule has 1 aliphatic rings. The molecule has 0 heterocycles. The summed E-state index contributed by atoms with van der Waals surface area (Å²) in [7, 11) is 1.99. The van der Waals surface area contributed by atoms with Crippen molar-refractivity contribution in [2.45, 2.75) is 31.8 Å². The Morgan fingerprint density at radius 2 is 1.96 bits per heavy atom. The lowest BCUT2D eigenvalue weighted by molar-refractivity contribution is -0.124. The summed E-state index contributed by atoms with van der Waals surface area (Å²) in [6, 6.07) is 6.68. The minimum absolute atomic E-state index is 0. The normalized spacial score (nSPS) is 19.8. The molecular weight excluding hydrogens is 340 g/mol. The SMILES string of the molecule is CN(CCNC(=O)C1CCC(N)C1)Cc1ccc(F)cc1.Cl.Cl. The molecule has 2 unspecified atom stereocenters. The first-order valence-electron chi connectivity index (χ1n) is 7.51. The molecule has 0 aromatic heterocycles. The van der Waals surface area contributed by atoms with Gasteiger partial charge in [-0.05, 0) is 44.0 Å². The van der Waals surface area contributed by atoms with E-state index in [1.54, 1.807) is 12.1 Å². The average Bonchev–Trinajstić information content (AvgIpc) is 2.88. The first-order chi connectivity index (χ1) is 10.0. The summed E-state index contributed by atoms with van der Waals surface area (Å²) in [5.74, 6) is -0.0102. The van der Waals surface area contributed by atoms with Crippen LogP contribution in [0.2, 0.25) is 0 Å². The largest absolute Gasteiger partial charge is 0.355 e. The first kappa shape index (κ1) is 22.1. The second-order valence-corrected chi connectivity index (χ2v) is 5.93. The molecule has 7 heteroatoms. The van der Waals surface area contributed by atoms with Gasteiger partial charge in [-0.15, -0.1) is 24.8 Å². The maximum atomic E-state index is 12.8. The molecular formula is C16H26Cl2FN3O. The third-order valence-electron chi connectivity index (χ3n) is 4.00. The van der Waals surface area contributed by atoms with Crippen molar-refractivity contribution in [2.75, 3.05) is 20.1 Å². The van der Waals surface area contributed by atoms with Crippen LogP contribution in [-0.2, 0) is 11.3 Å². The van der Waals surface area contributed by atoms with E-state index >= 15 is 0 Å². The van der Waals surface area contributed by atoms with Crippen molar-refractivity contribution in [1.29, 1.82) is 0 Å². The van der Waals surface area contributed by atoms with Gasteiger partial charge in [0.2, 0.25) is 5.91 Å². The molecule has 3 N–H and O–H groups in total. The van der Waals surface area contributed by atoms with E-state index in [1.807, 2.05) is 7.05 Å². The Hall–Kier alpha value is -0.880. The molecule has 1 amide bonds. The highest BCUT2D eigenvalue weighted by Gasteiger charge is 2.27. The molecule has 2 atom stereocenters. The number of nitrogens with two attached hydrogens (primary N) is 1. The molecule has 0 spiro atoms. The number of hydrogen-bond donors (Lipinski definition) is 2. The molecule has 23 heavy (non-hydrogen) atoms. The molecule has 0 saturated heterocycles. The smallest absolute Gasteiger partial charge is 0.223 e. The summed E-state index contributed by atoms with van der Waals surface area (Å²) in [6.07, 6.45) is 2.65. The van der Waals surface area contributed by atoms with Crippen molar-refractivity contribution in [3.05, 3.63) is 35.6 Å². The quantitative estimate of drug-likeness (QED) is 0.813. The number of amides is 1. The van der Waals surface area contributed by atoms with Crippen LogP contribution in [0.1, 0.15) is 24.8 Å². The zero-order chi connectivity index (χ0) is 15.2. The Labute approximate surface area is 149 Å². The molecule has 1 fully saturated rings. The van der Waals surface area contributed by atoms with E-state index < -0.39 is 0 Å². The van der Waals surface area contributed by atoms with E-state index in [2.05, 4.69) is 10.2 Å². The van der Waals surface area contributed by atoms with Gasteiger partial charge in [-0.2, -0.15) is 0 Å². The van der Waals surface area contributed by atoms with Crippen molar-refractivity contribution in [3.8, 4) is 0 Å². The second-order valence-electron chi connectivity index (χ2n) is 5.93. The van der Waals surface area contributed by atoms with Gasteiger partial charge in [0.15, 0.2) is 0 Å². The fourth-order valence-electron chi connectivity index (χ4n) is 2.75. The van der Waals surface area contributed by atoms with Crippen molar-refractivity contribution in [3.63, 3.8) is 0 Å². The number of nitrogens with one attached hydrogen (secondary N) is 1. The Morgan fingerprint density at radius 3 is 2.52 bits per heavy atom. The number of benzene rings is 1. The van der Waals surface area contributed by atoms with Crippen LogP contribution in [0.4, 0.5) is 4.39 Å². The molecule has 0 aliphatic heterocycles. The molecule has 1 aromatic carbocycles. The van der Waals surface area contributed by atoms with Crippen molar-refractivity contribution < 1.29 is 9.18 Å². The summed E-state index contributed by atoms with van der Waals surface area (Å²) < 4.78 is 12.8. The van der Waals surface area contributed by atoms with Gasteiger partial charge >= 0.3 is 0 Å². The molecule has 0 radical (unpaired) electrons. The predicted octanol–water partition coefficient (Wildman–Crippen LogP) is 2.34. The maximum Gasteiger partial charge on any atom is 0.223 e. The van der Waals surface area contributed by atoms with Crippen molar-refractivity contribution >= 4 is 30.7 Å². The van der Waals surface area contributed by atoms with Crippen LogP contribution in [0.3, 0.4) is 0 Å². The number of likely N-dealkylation sites (N-methyl/N-ethyl adjacent to an activating group) is 1. The third kappa shape index (κ3) is 7.48. The van der Waals surface area contributed by atoms with Gasteiger partial charge in [0.05, 0.1) is 0 Å². The molecule has 0 bridgehead atoms. The fourth-order valence-corrected chi connectivity index (χ4v) is 2.75. The van der Waals surface area contributed by atoms with Gasteiger partial charge in [-0.1, -0.05) is 12.1 Å². The Kier molecular flexibility index (Phi) is 10.4. The monoisotopic (exact) mass is 365 g/mol. The van der Waals surface area contributed by atoms with Crippen LogP contribution in [0.25, 0.3) is 0 Å². The first-order valence-corrected chi connectivity index (χ1v) is 7.51. The van der Waals surface area contributed by atoms with Crippen LogP contribution >= 0.6 is 24.8 Å². The van der Waals surface area contributed by atoms with E-state index in [4.69, 9.17) is 5.73 Å². The number of carbonyl (C=O) groups is 1. The van der Waals surface area contributed by atoms with Crippen LogP contribution < -0.4 is 11.1 Å². The fraction of sp³-hybridized carbons (Fsp3) is 0.562. The molecule has 132 valence electrons. The molecule has 4 nitrogen and oxygen atoms in total. The third-order valence-corrected chi connectivity index (χ3v) is 4.00. The number of nitrogens with zero attached hydrogens (tertiary/aromatic N) is 1. The molecule has 1 saturated carbocycles. The molecule has 1 aromatic rings. The van der Waals surface area contributed by atoms with Gasteiger partial charge < -0.3 is 16.0 Å². The highest BCUT2D eigenvalue weighted by molar-refractivity contribution is 5.85. The van der Waals surface area contributed by atoms with Gasteiger partial charge in [-0.25, -0.2) is 4.39 Å². The van der Waals surface area contributed by atoms with Crippen molar-refractivity contribution in [2.24, 2.45) is 11.7 Å². The Balaban J connectivity index is 0.00000242. The van der Waals surface area contributed by atoms with Crippen molar-refractivity contribution in [1.82, 2.24) is 10.2 Å². The minimum Gasteiger partial charge on any atom is -0.355 e. The summed E-state index contributed by atoms with van der Waals surface area (Å²) in [5.41, 5.74) is 6.88. The van der Waals surface area contributed by atoms with Gasteiger partial charge in [0.25, 0.3) is 0 Å². The van der Waals surface area contributed by atoms with Crippen LogP contribution in [-0.4, -0.2) is 37.0 Å². The minimum atomic E-state index is -0.219. The van der Waals surface area contributed by atoms with E-state index in [-0.39, 0.29) is 48.5 Å². The highest BCUT2D eigenvalue weighted by Crippen LogP contribution is 2.23. The zero-order valence-electron chi connectivity index (χ0n) is 13.3. The van der Waals surface area contributed by atoms with Crippen LogP contribution in [0, 0.1) is 11.7 Å². The number of rotatable bonds is 6. The van der Waals surface area contributed by atoms with Gasteiger partial charge in [0, 0.05) is 31.6 Å². The standard InChI is InChI=1S/C16H24FN3O.2ClH/c1-20(11-12-2-5-14(17)6-3-12)9-8-19-16(21)13-4-7-15(18)10-13;;/h2-3,5-6,13,15H,4,7-11,18H2,1H3,(H,19,21);2*1H. The number of halogens is 3. The summed E-state index contributed by atoms with van der Waals surface area (Å²) in [5, 5.41) is 2.97. The predicted molar refractivity (Wildman–Crippen MR) is 95.6 cm³/mol. The lowest BCUT2D eigenvalue weighted by atomic mass is 10.1.